The third-order valence-corrected chi connectivity index (χ3v) is 5.59. The molecule has 30 heavy (non-hydrogen) atoms. The van der Waals surface area contributed by atoms with Gasteiger partial charge in [0, 0.05) is 16.3 Å². The number of pyridine rings is 1. The highest BCUT2D eigenvalue weighted by Gasteiger charge is 2.35. The molecule has 2 aliphatic heterocycles. The Morgan fingerprint density at radius 3 is 2.40 bits per heavy atom. The molecular formula is C19H19F6N3OS. The standard InChI is InChI=1S/C13H6F6N2S.C6H13NO/c14-12(15,16)6-1-2-7-9(3-6)22-10-4-11(13(17,18)19)20-5-8(10)21-7;8-6-3-1-2-4-7-5-6/h1-5,21H;6-8H,1-5H2. The average Bonchev–Trinajstić information content (AvgIpc) is 2.92. The number of aliphatic hydroxyl groups excluding tert-OH is 1. The third-order valence-electron chi connectivity index (χ3n) is 4.48. The fourth-order valence-corrected chi connectivity index (χ4v) is 3.96. The second-order valence-corrected chi connectivity index (χ2v) is 7.94. The summed E-state index contributed by atoms with van der Waals surface area (Å²) in [6.07, 6.45) is -4.81. The van der Waals surface area contributed by atoms with Crippen LogP contribution in [0.4, 0.5) is 37.7 Å². The molecule has 2 aliphatic rings. The lowest BCUT2D eigenvalue weighted by atomic mass is 10.2. The van der Waals surface area contributed by atoms with E-state index in [2.05, 4.69) is 15.6 Å². The normalized spacial score (nSPS) is 18.8. The number of rotatable bonds is 0. The molecule has 0 amide bonds. The third kappa shape index (κ3) is 5.79. The highest BCUT2D eigenvalue weighted by atomic mass is 32.2. The minimum absolute atomic E-state index is 0.0856. The molecule has 3 heterocycles. The molecule has 0 aliphatic carbocycles. The molecule has 1 atom stereocenters. The van der Waals surface area contributed by atoms with Gasteiger partial charge in [-0.3, -0.25) is 0 Å². The second-order valence-electron chi connectivity index (χ2n) is 6.85. The van der Waals surface area contributed by atoms with Crippen LogP contribution in [0.5, 0.6) is 0 Å². The first-order chi connectivity index (χ1) is 14.0. The van der Waals surface area contributed by atoms with Gasteiger partial charge in [-0.1, -0.05) is 11.8 Å². The predicted octanol–water partition coefficient (Wildman–Crippen LogP) is 5.45. The van der Waals surface area contributed by atoms with E-state index in [9.17, 15) is 26.3 Å². The zero-order valence-corrected chi connectivity index (χ0v) is 16.4. The minimum atomic E-state index is -4.61. The van der Waals surface area contributed by atoms with E-state index in [1.54, 1.807) is 0 Å². The van der Waals surface area contributed by atoms with E-state index in [4.69, 9.17) is 5.11 Å². The number of β-amino-alcohol motifs (C(OH)–C–C–N with tert-alkyl or cyclic N) is 1. The zero-order valence-electron chi connectivity index (χ0n) is 15.6. The Balaban J connectivity index is 0.000000269. The van der Waals surface area contributed by atoms with Crippen molar-refractivity contribution < 1.29 is 31.4 Å². The number of fused-ring (bicyclic) bond motifs is 2. The van der Waals surface area contributed by atoms with Crippen LogP contribution in [-0.4, -0.2) is 29.3 Å². The fraction of sp³-hybridized carbons (Fsp3) is 0.421. The van der Waals surface area contributed by atoms with E-state index < -0.39 is 23.6 Å². The highest BCUT2D eigenvalue weighted by Crippen LogP contribution is 2.47. The van der Waals surface area contributed by atoms with Crippen LogP contribution in [-0.2, 0) is 12.4 Å². The maximum absolute atomic E-state index is 12.7. The first-order valence-electron chi connectivity index (χ1n) is 9.16. The molecular weight excluding hydrogens is 432 g/mol. The van der Waals surface area contributed by atoms with Gasteiger partial charge in [-0.05, 0) is 50.1 Å². The first-order valence-corrected chi connectivity index (χ1v) is 9.98. The molecule has 1 aromatic carbocycles. The molecule has 2 aromatic rings. The molecule has 1 saturated heterocycles. The summed E-state index contributed by atoms with van der Waals surface area (Å²) in [5.41, 5.74) is -1.22. The van der Waals surface area contributed by atoms with Gasteiger partial charge in [-0.25, -0.2) is 4.98 Å². The Labute approximate surface area is 173 Å². The summed E-state index contributed by atoms with van der Waals surface area (Å²) in [6.45, 7) is 1.87. The molecule has 4 nitrogen and oxygen atoms in total. The maximum Gasteiger partial charge on any atom is 0.433 e. The lowest BCUT2D eigenvalue weighted by Crippen LogP contribution is -2.23. The van der Waals surface area contributed by atoms with Crippen LogP contribution >= 0.6 is 11.8 Å². The molecule has 1 aromatic heterocycles. The van der Waals surface area contributed by atoms with Crippen LogP contribution in [0.25, 0.3) is 0 Å². The van der Waals surface area contributed by atoms with Crippen molar-refractivity contribution in [1.29, 1.82) is 0 Å². The van der Waals surface area contributed by atoms with Crippen molar-refractivity contribution in [1.82, 2.24) is 10.3 Å². The largest absolute Gasteiger partial charge is 0.433 e. The van der Waals surface area contributed by atoms with Crippen LogP contribution in [0.15, 0.2) is 40.3 Å². The Hall–Kier alpha value is -1.98. The fourth-order valence-electron chi connectivity index (χ4n) is 2.92. The van der Waals surface area contributed by atoms with Crippen LogP contribution in [0.1, 0.15) is 30.5 Å². The molecule has 164 valence electrons. The summed E-state index contributed by atoms with van der Waals surface area (Å²) >= 11 is 0.841. The number of aromatic nitrogens is 1. The molecule has 11 heteroatoms. The Kier molecular flexibility index (Phi) is 6.83. The monoisotopic (exact) mass is 451 g/mol. The SMILES string of the molecule is FC(F)(F)c1ccc2c(c1)Sc1cc(C(F)(F)F)ncc1N2.OC1CCCCNC1. The smallest absolute Gasteiger partial charge is 0.392 e. The van der Waals surface area contributed by atoms with E-state index in [-0.39, 0.29) is 15.9 Å². The molecule has 0 spiro atoms. The summed E-state index contributed by atoms with van der Waals surface area (Å²) in [5.74, 6) is 0. The number of nitrogens with one attached hydrogen (secondary N) is 2. The van der Waals surface area contributed by atoms with Gasteiger partial charge in [-0.2, -0.15) is 26.3 Å². The van der Waals surface area contributed by atoms with Crippen molar-refractivity contribution >= 4 is 23.1 Å². The van der Waals surface area contributed by atoms with Gasteiger partial charge >= 0.3 is 12.4 Å². The van der Waals surface area contributed by atoms with Crippen molar-refractivity contribution in [3.63, 3.8) is 0 Å². The van der Waals surface area contributed by atoms with Crippen LogP contribution in [0, 0.1) is 0 Å². The predicted molar refractivity (Wildman–Crippen MR) is 101 cm³/mol. The highest BCUT2D eigenvalue weighted by molar-refractivity contribution is 7.99. The average molecular weight is 451 g/mol. The van der Waals surface area contributed by atoms with Gasteiger partial charge in [0.2, 0.25) is 0 Å². The molecule has 3 N–H and O–H groups in total. The number of aliphatic hydroxyl groups is 1. The number of halogens is 6. The van der Waals surface area contributed by atoms with Crippen molar-refractivity contribution in [2.45, 2.75) is 47.5 Å². The van der Waals surface area contributed by atoms with Crippen LogP contribution < -0.4 is 10.6 Å². The lowest BCUT2D eigenvalue weighted by Gasteiger charge is -2.22. The van der Waals surface area contributed by atoms with Crippen molar-refractivity contribution in [2.24, 2.45) is 0 Å². The van der Waals surface area contributed by atoms with Gasteiger partial charge in [0.15, 0.2) is 0 Å². The lowest BCUT2D eigenvalue weighted by molar-refractivity contribution is -0.141. The van der Waals surface area contributed by atoms with Crippen LogP contribution in [0.3, 0.4) is 0 Å². The van der Waals surface area contributed by atoms with Gasteiger partial charge in [0.25, 0.3) is 0 Å². The van der Waals surface area contributed by atoms with Crippen molar-refractivity contribution in [3.8, 4) is 0 Å². The van der Waals surface area contributed by atoms with Crippen molar-refractivity contribution in [2.75, 3.05) is 18.4 Å². The summed E-state index contributed by atoms with van der Waals surface area (Å²) in [6, 6.07) is 3.88. The van der Waals surface area contributed by atoms with E-state index in [1.807, 2.05) is 0 Å². The maximum atomic E-state index is 12.7. The Bertz CT molecular complexity index is 818. The van der Waals surface area contributed by atoms with E-state index in [0.717, 1.165) is 55.7 Å². The second kappa shape index (κ2) is 9.03. The van der Waals surface area contributed by atoms with E-state index in [0.29, 0.717) is 11.4 Å². The molecule has 1 fully saturated rings. The van der Waals surface area contributed by atoms with E-state index in [1.165, 1.54) is 18.9 Å². The summed E-state index contributed by atoms with van der Waals surface area (Å²) < 4.78 is 76.0. The Morgan fingerprint density at radius 1 is 0.967 bits per heavy atom. The number of hydrogen-bond acceptors (Lipinski definition) is 5. The van der Waals surface area contributed by atoms with Crippen LogP contribution in [0.2, 0.25) is 0 Å². The van der Waals surface area contributed by atoms with Gasteiger partial charge in [-0.15, -0.1) is 0 Å². The van der Waals surface area contributed by atoms with Gasteiger partial charge in [0.05, 0.1) is 29.2 Å². The molecule has 1 unspecified atom stereocenters. The summed E-state index contributed by atoms with van der Waals surface area (Å²) in [5, 5.41) is 15.0. The Morgan fingerprint density at radius 2 is 1.70 bits per heavy atom. The summed E-state index contributed by atoms with van der Waals surface area (Å²) in [4.78, 5) is 3.70. The quantitative estimate of drug-likeness (QED) is 0.397. The number of alkyl halides is 6. The molecule has 0 saturated carbocycles. The number of anilines is 2. The zero-order chi connectivity index (χ0) is 21.9. The topological polar surface area (TPSA) is 57.2 Å². The van der Waals surface area contributed by atoms with Crippen molar-refractivity contribution in [3.05, 3.63) is 41.7 Å². The number of benzene rings is 1. The first kappa shape index (κ1) is 22.7. The minimum Gasteiger partial charge on any atom is -0.392 e. The van der Waals surface area contributed by atoms with E-state index >= 15 is 0 Å². The van der Waals surface area contributed by atoms with Gasteiger partial charge in [0.1, 0.15) is 5.69 Å². The molecule has 4 rings (SSSR count). The van der Waals surface area contributed by atoms with Gasteiger partial charge < -0.3 is 15.7 Å². The number of hydrogen-bond donors (Lipinski definition) is 3. The number of nitrogens with zero attached hydrogens (tertiary/aromatic N) is 1. The molecule has 0 radical (unpaired) electrons. The molecule has 0 bridgehead atoms. The summed E-state index contributed by atoms with van der Waals surface area (Å²) in [7, 11) is 0.